The molecule has 0 aliphatic heterocycles. The SMILES string of the molecule is Cn1cccc1[C@@H](CCc1ccccc1)CC(=O)C(C)(C)O. The van der Waals surface area contributed by atoms with Gasteiger partial charge in [0, 0.05) is 31.3 Å². The van der Waals surface area contributed by atoms with E-state index in [1.807, 2.05) is 37.5 Å². The number of rotatable bonds is 7. The van der Waals surface area contributed by atoms with Crippen LogP contribution < -0.4 is 0 Å². The fourth-order valence-corrected chi connectivity index (χ4v) is 2.71. The molecule has 0 amide bonds. The molecule has 1 heterocycles. The standard InChI is InChI=1S/C19H25NO2/c1-19(2,22)18(21)14-16(17-10-7-13-20(17)3)12-11-15-8-5-4-6-9-15/h4-10,13,16,22H,11-12,14H2,1-3H3/t16-/m0/s1. The number of hydrogen-bond acceptors (Lipinski definition) is 2. The van der Waals surface area contributed by atoms with Crippen LogP contribution in [-0.4, -0.2) is 21.1 Å². The van der Waals surface area contributed by atoms with Crippen molar-refractivity contribution in [3.63, 3.8) is 0 Å². The molecule has 1 N–H and O–H groups in total. The van der Waals surface area contributed by atoms with Crippen LogP contribution in [-0.2, 0) is 18.3 Å². The highest BCUT2D eigenvalue weighted by molar-refractivity contribution is 5.86. The smallest absolute Gasteiger partial charge is 0.164 e. The summed E-state index contributed by atoms with van der Waals surface area (Å²) in [5, 5.41) is 9.93. The van der Waals surface area contributed by atoms with E-state index in [1.165, 1.54) is 5.56 Å². The molecule has 0 saturated carbocycles. The number of Topliss-reactive ketones (excluding diaryl/α,β-unsaturated/α-hetero) is 1. The molecule has 1 atom stereocenters. The first-order valence-electron chi connectivity index (χ1n) is 7.79. The summed E-state index contributed by atoms with van der Waals surface area (Å²) in [6.45, 7) is 3.13. The molecule has 0 saturated heterocycles. The Morgan fingerprint density at radius 3 is 2.41 bits per heavy atom. The molecule has 0 fully saturated rings. The molecule has 0 spiro atoms. The van der Waals surface area contributed by atoms with Crippen LogP contribution in [0.15, 0.2) is 48.7 Å². The van der Waals surface area contributed by atoms with E-state index >= 15 is 0 Å². The highest BCUT2D eigenvalue weighted by atomic mass is 16.3. The van der Waals surface area contributed by atoms with E-state index in [1.54, 1.807) is 13.8 Å². The molecule has 118 valence electrons. The third-order valence-electron chi connectivity index (χ3n) is 4.14. The fraction of sp³-hybridized carbons (Fsp3) is 0.421. The molecule has 2 rings (SSSR count). The van der Waals surface area contributed by atoms with Crippen LogP contribution in [0.5, 0.6) is 0 Å². The van der Waals surface area contributed by atoms with E-state index < -0.39 is 5.60 Å². The number of carbonyl (C=O) groups is 1. The lowest BCUT2D eigenvalue weighted by atomic mass is 9.87. The van der Waals surface area contributed by atoms with E-state index in [2.05, 4.69) is 22.8 Å². The Hall–Kier alpha value is -1.87. The number of aromatic nitrogens is 1. The zero-order valence-corrected chi connectivity index (χ0v) is 13.6. The highest BCUT2D eigenvalue weighted by Crippen LogP contribution is 2.27. The van der Waals surface area contributed by atoms with E-state index in [4.69, 9.17) is 0 Å². The van der Waals surface area contributed by atoms with Gasteiger partial charge in [-0.05, 0) is 44.4 Å². The summed E-state index contributed by atoms with van der Waals surface area (Å²) in [6.07, 6.45) is 4.19. The van der Waals surface area contributed by atoms with Gasteiger partial charge in [0.25, 0.3) is 0 Å². The number of ketones is 1. The van der Waals surface area contributed by atoms with Crippen LogP contribution in [0.1, 0.15) is 43.9 Å². The molecule has 0 bridgehead atoms. The molecule has 3 heteroatoms. The van der Waals surface area contributed by atoms with Crippen molar-refractivity contribution < 1.29 is 9.90 Å². The molecule has 0 radical (unpaired) electrons. The molecular formula is C19H25NO2. The molecule has 1 aromatic carbocycles. The molecular weight excluding hydrogens is 274 g/mol. The first kappa shape index (κ1) is 16.5. The van der Waals surface area contributed by atoms with Crippen LogP contribution in [0.2, 0.25) is 0 Å². The fourth-order valence-electron chi connectivity index (χ4n) is 2.71. The predicted molar refractivity (Wildman–Crippen MR) is 88.8 cm³/mol. The zero-order chi connectivity index (χ0) is 16.2. The van der Waals surface area contributed by atoms with Gasteiger partial charge < -0.3 is 9.67 Å². The van der Waals surface area contributed by atoms with Gasteiger partial charge in [-0.2, -0.15) is 0 Å². The summed E-state index contributed by atoms with van der Waals surface area (Å²) in [5.41, 5.74) is 1.15. The van der Waals surface area contributed by atoms with Crippen LogP contribution >= 0.6 is 0 Å². The Labute approximate surface area is 132 Å². The summed E-state index contributed by atoms with van der Waals surface area (Å²) >= 11 is 0. The Kier molecular flexibility index (Phi) is 5.19. The van der Waals surface area contributed by atoms with Gasteiger partial charge in [0.15, 0.2) is 5.78 Å². The monoisotopic (exact) mass is 299 g/mol. The summed E-state index contributed by atoms with van der Waals surface area (Å²) < 4.78 is 2.06. The van der Waals surface area contributed by atoms with E-state index in [0.717, 1.165) is 18.5 Å². The average Bonchev–Trinajstić information content (AvgIpc) is 2.89. The number of aryl methyl sites for hydroxylation is 2. The second kappa shape index (κ2) is 6.93. The van der Waals surface area contributed by atoms with Crippen molar-refractivity contribution in [2.45, 2.75) is 44.6 Å². The molecule has 0 unspecified atom stereocenters. The maximum atomic E-state index is 12.2. The molecule has 3 nitrogen and oxygen atoms in total. The van der Waals surface area contributed by atoms with Gasteiger partial charge in [0.2, 0.25) is 0 Å². The first-order chi connectivity index (χ1) is 10.4. The third kappa shape index (κ3) is 4.31. The largest absolute Gasteiger partial charge is 0.383 e. The Balaban J connectivity index is 2.12. The van der Waals surface area contributed by atoms with Crippen LogP contribution in [0.3, 0.4) is 0 Å². The first-order valence-corrected chi connectivity index (χ1v) is 7.79. The van der Waals surface area contributed by atoms with Crippen LogP contribution in [0.25, 0.3) is 0 Å². The average molecular weight is 299 g/mol. The van der Waals surface area contributed by atoms with Crippen molar-refractivity contribution in [3.8, 4) is 0 Å². The lowest BCUT2D eigenvalue weighted by molar-refractivity contribution is -0.134. The molecule has 0 aliphatic carbocycles. The minimum atomic E-state index is -1.27. The lowest BCUT2D eigenvalue weighted by Crippen LogP contribution is -2.32. The van der Waals surface area contributed by atoms with E-state index in [9.17, 15) is 9.90 Å². The van der Waals surface area contributed by atoms with Gasteiger partial charge in [0.1, 0.15) is 5.60 Å². The van der Waals surface area contributed by atoms with Crippen molar-refractivity contribution >= 4 is 5.78 Å². The van der Waals surface area contributed by atoms with Crippen molar-refractivity contribution in [2.75, 3.05) is 0 Å². The maximum absolute atomic E-state index is 12.2. The number of nitrogens with zero attached hydrogens (tertiary/aromatic N) is 1. The second-order valence-electron chi connectivity index (χ2n) is 6.45. The lowest BCUT2D eigenvalue weighted by Gasteiger charge is -2.22. The van der Waals surface area contributed by atoms with Gasteiger partial charge in [-0.3, -0.25) is 4.79 Å². The van der Waals surface area contributed by atoms with Crippen molar-refractivity contribution in [1.82, 2.24) is 4.57 Å². The summed E-state index contributed by atoms with van der Waals surface area (Å²) in [5.74, 6) is 0.0193. The topological polar surface area (TPSA) is 42.2 Å². The van der Waals surface area contributed by atoms with Crippen LogP contribution in [0, 0.1) is 0 Å². The number of aliphatic hydroxyl groups is 1. The maximum Gasteiger partial charge on any atom is 0.164 e. The van der Waals surface area contributed by atoms with Gasteiger partial charge in [-0.25, -0.2) is 0 Å². The van der Waals surface area contributed by atoms with Gasteiger partial charge in [-0.1, -0.05) is 30.3 Å². The Bertz CT molecular complexity index is 608. The highest BCUT2D eigenvalue weighted by Gasteiger charge is 2.28. The van der Waals surface area contributed by atoms with Crippen molar-refractivity contribution in [2.24, 2.45) is 7.05 Å². The molecule has 0 aliphatic rings. The second-order valence-corrected chi connectivity index (χ2v) is 6.45. The predicted octanol–water partition coefficient (Wildman–Crippen LogP) is 3.47. The Morgan fingerprint density at radius 1 is 1.18 bits per heavy atom. The molecule has 22 heavy (non-hydrogen) atoms. The van der Waals surface area contributed by atoms with Gasteiger partial charge >= 0.3 is 0 Å². The zero-order valence-electron chi connectivity index (χ0n) is 13.6. The quantitative estimate of drug-likeness (QED) is 0.850. The normalized spacial score (nSPS) is 13.1. The van der Waals surface area contributed by atoms with Crippen molar-refractivity contribution in [1.29, 1.82) is 0 Å². The number of hydrogen-bond donors (Lipinski definition) is 1. The van der Waals surface area contributed by atoms with Gasteiger partial charge in [0.05, 0.1) is 0 Å². The third-order valence-corrected chi connectivity index (χ3v) is 4.14. The van der Waals surface area contributed by atoms with Gasteiger partial charge in [-0.15, -0.1) is 0 Å². The summed E-state index contributed by atoms with van der Waals surface area (Å²) in [4.78, 5) is 12.2. The summed E-state index contributed by atoms with van der Waals surface area (Å²) in [6, 6.07) is 14.4. The van der Waals surface area contributed by atoms with E-state index in [-0.39, 0.29) is 11.7 Å². The number of benzene rings is 1. The summed E-state index contributed by atoms with van der Waals surface area (Å²) in [7, 11) is 2.00. The molecule has 1 aromatic heterocycles. The van der Waals surface area contributed by atoms with Crippen molar-refractivity contribution in [3.05, 3.63) is 59.9 Å². The van der Waals surface area contributed by atoms with E-state index in [0.29, 0.717) is 6.42 Å². The van der Waals surface area contributed by atoms with Crippen LogP contribution in [0.4, 0.5) is 0 Å². The minimum absolute atomic E-state index is 0.105. The number of carbonyl (C=O) groups excluding carboxylic acids is 1. The minimum Gasteiger partial charge on any atom is -0.383 e. The molecule has 2 aromatic rings. The Morgan fingerprint density at radius 2 is 1.86 bits per heavy atom.